The standard InChI is InChI=1S/C15H17FN2O2/c1-11(14-7-4-8-20-14)17-10-15(19)18-9-12-5-2-3-6-13(12)16/h2-8,11,17H,9-10H2,1H3,(H,18,19)/p+1/t11-/m0/s1. The molecule has 106 valence electrons. The van der Waals surface area contributed by atoms with Gasteiger partial charge in [0.25, 0.3) is 5.91 Å². The highest BCUT2D eigenvalue weighted by molar-refractivity contribution is 5.76. The first kappa shape index (κ1) is 14.3. The summed E-state index contributed by atoms with van der Waals surface area (Å²) in [5, 5.41) is 4.57. The number of amides is 1. The van der Waals surface area contributed by atoms with E-state index in [2.05, 4.69) is 5.32 Å². The Hall–Kier alpha value is -2.14. The van der Waals surface area contributed by atoms with Crippen LogP contribution in [-0.2, 0) is 11.3 Å². The molecular formula is C15H18FN2O2+. The lowest BCUT2D eigenvalue weighted by molar-refractivity contribution is -0.684. The van der Waals surface area contributed by atoms with Gasteiger partial charge in [-0.25, -0.2) is 4.39 Å². The molecule has 1 aromatic carbocycles. The van der Waals surface area contributed by atoms with Crippen molar-refractivity contribution < 1.29 is 18.9 Å². The van der Waals surface area contributed by atoms with Crippen molar-refractivity contribution in [3.63, 3.8) is 0 Å². The number of benzene rings is 1. The zero-order chi connectivity index (χ0) is 14.4. The van der Waals surface area contributed by atoms with Gasteiger partial charge in [-0.15, -0.1) is 0 Å². The van der Waals surface area contributed by atoms with Crippen LogP contribution in [0.15, 0.2) is 47.1 Å². The number of furan rings is 1. The second-order valence-electron chi connectivity index (χ2n) is 4.61. The maximum absolute atomic E-state index is 13.4. The normalized spacial score (nSPS) is 12.1. The quantitative estimate of drug-likeness (QED) is 0.837. The predicted octanol–water partition coefficient (Wildman–Crippen LogP) is 1.36. The first-order chi connectivity index (χ1) is 9.66. The number of hydrogen-bond donors (Lipinski definition) is 2. The van der Waals surface area contributed by atoms with Gasteiger partial charge in [-0.3, -0.25) is 4.79 Å². The molecule has 20 heavy (non-hydrogen) atoms. The molecule has 0 saturated carbocycles. The monoisotopic (exact) mass is 277 g/mol. The zero-order valence-corrected chi connectivity index (χ0v) is 11.3. The molecule has 0 fully saturated rings. The molecule has 2 rings (SSSR count). The van der Waals surface area contributed by atoms with E-state index < -0.39 is 0 Å². The van der Waals surface area contributed by atoms with Gasteiger partial charge in [0, 0.05) is 12.1 Å². The lowest BCUT2D eigenvalue weighted by Crippen LogP contribution is -2.86. The number of quaternary nitrogens is 1. The number of carbonyl (C=O) groups excluding carboxylic acids is 1. The number of nitrogens with two attached hydrogens (primary N) is 1. The third kappa shape index (κ3) is 3.93. The molecule has 1 amide bonds. The van der Waals surface area contributed by atoms with E-state index in [1.807, 2.05) is 24.4 Å². The molecule has 0 spiro atoms. The molecule has 0 radical (unpaired) electrons. The van der Waals surface area contributed by atoms with Crippen molar-refractivity contribution in [2.45, 2.75) is 19.5 Å². The summed E-state index contributed by atoms with van der Waals surface area (Å²) in [5.74, 6) is 0.388. The summed E-state index contributed by atoms with van der Waals surface area (Å²) in [6.07, 6.45) is 1.61. The van der Waals surface area contributed by atoms with Crippen LogP contribution in [0.4, 0.5) is 4.39 Å². The summed E-state index contributed by atoms with van der Waals surface area (Å²) in [6, 6.07) is 10.2. The van der Waals surface area contributed by atoms with Crippen LogP contribution < -0.4 is 10.6 Å². The Labute approximate surface area is 117 Å². The van der Waals surface area contributed by atoms with Gasteiger partial charge in [0.1, 0.15) is 11.9 Å². The molecule has 0 aliphatic heterocycles. The van der Waals surface area contributed by atoms with Gasteiger partial charge in [-0.2, -0.15) is 0 Å². The molecule has 1 heterocycles. The Balaban J connectivity index is 1.75. The molecule has 2 aromatic rings. The molecule has 1 atom stereocenters. The zero-order valence-electron chi connectivity index (χ0n) is 11.3. The van der Waals surface area contributed by atoms with Crippen LogP contribution in [0.3, 0.4) is 0 Å². The van der Waals surface area contributed by atoms with Crippen LogP contribution >= 0.6 is 0 Å². The fourth-order valence-electron chi connectivity index (χ4n) is 1.86. The van der Waals surface area contributed by atoms with E-state index in [0.29, 0.717) is 5.56 Å². The predicted molar refractivity (Wildman–Crippen MR) is 72.2 cm³/mol. The molecule has 0 saturated heterocycles. The Morgan fingerprint density at radius 3 is 2.85 bits per heavy atom. The van der Waals surface area contributed by atoms with Crippen LogP contribution in [0.5, 0.6) is 0 Å². The van der Waals surface area contributed by atoms with Gasteiger partial charge in [0.2, 0.25) is 0 Å². The number of rotatable bonds is 6. The van der Waals surface area contributed by atoms with Crippen LogP contribution in [-0.4, -0.2) is 12.5 Å². The number of halogens is 1. The average molecular weight is 277 g/mol. The topological polar surface area (TPSA) is 58.9 Å². The number of hydrogen-bond acceptors (Lipinski definition) is 2. The van der Waals surface area contributed by atoms with E-state index in [0.717, 1.165) is 5.76 Å². The van der Waals surface area contributed by atoms with Crippen LogP contribution in [0.2, 0.25) is 0 Å². The maximum Gasteiger partial charge on any atom is 0.275 e. The van der Waals surface area contributed by atoms with Crippen molar-refractivity contribution in [1.82, 2.24) is 5.32 Å². The summed E-state index contributed by atoms with van der Waals surface area (Å²) in [4.78, 5) is 11.7. The summed E-state index contributed by atoms with van der Waals surface area (Å²) in [5.41, 5.74) is 0.486. The van der Waals surface area contributed by atoms with Crippen molar-refractivity contribution in [2.75, 3.05) is 6.54 Å². The van der Waals surface area contributed by atoms with Crippen LogP contribution in [0.25, 0.3) is 0 Å². The number of nitrogens with one attached hydrogen (secondary N) is 1. The maximum atomic E-state index is 13.4. The van der Waals surface area contributed by atoms with E-state index in [1.165, 1.54) is 6.07 Å². The summed E-state index contributed by atoms with van der Waals surface area (Å²) in [6.45, 7) is 2.44. The van der Waals surface area contributed by atoms with Gasteiger partial charge in [-0.05, 0) is 25.1 Å². The summed E-state index contributed by atoms with van der Waals surface area (Å²) in [7, 11) is 0. The molecule has 3 N–H and O–H groups in total. The Bertz CT molecular complexity index is 555. The van der Waals surface area contributed by atoms with Crippen molar-refractivity contribution in [2.24, 2.45) is 0 Å². The first-order valence-electron chi connectivity index (χ1n) is 6.53. The molecule has 5 heteroatoms. The van der Waals surface area contributed by atoms with Crippen molar-refractivity contribution >= 4 is 5.91 Å². The largest absolute Gasteiger partial charge is 0.463 e. The highest BCUT2D eigenvalue weighted by atomic mass is 19.1. The average Bonchev–Trinajstić information content (AvgIpc) is 2.98. The van der Waals surface area contributed by atoms with E-state index in [-0.39, 0.29) is 30.9 Å². The third-order valence-corrected chi connectivity index (χ3v) is 3.08. The fraction of sp³-hybridized carbons (Fsp3) is 0.267. The van der Waals surface area contributed by atoms with Gasteiger partial charge < -0.3 is 15.1 Å². The van der Waals surface area contributed by atoms with Gasteiger partial charge in [-0.1, -0.05) is 18.2 Å². The Morgan fingerprint density at radius 1 is 1.35 bits per heavy atom. The Morgan fingerprint density at radius 2 is 2.15 bits per heavy atom. The fourth-order valence-corrected chi connectivity index (χ4v) is 1.86. The molecule has 1 aromatic heterocycles. The lowest BCUT2D eigenvalue weighted by atomic mass is 10.2. The Kier molecular flexibility index (Phi) is 4.90. The molecule has 0 bridgehead atoms. The molecule has 0 aliphatic carbocycles. The van der Waals surface area contributed by atoms with Gasteiger partial charge in [0.05, 0.1) is 6.26 Å². The van der Waals surface area contributed by atoms with Gasteiger partial charge in [0.15, 0.2) is 12.3 Å². The van der Waals surface area contributed by atoms with Crippen molar-refractivity contribution in [1.29, 1.82) is 0 Å². The minimum atomic E-state index is -0.305. The van der Waals surface area contributed by atoms with Crippen LogP contribution in [0.1, 0.15) is 24.3 Å². The minimum absolute atomic E-state index is 0.0733. The minimum Gasteiger partial charge on any atom is -0.463 e. The van der Waals surface area contributed by atoms with E-state index in [4.69, 9.17) is 4.42 Å². The molecule has 0 aliphatic rings. The smallest absolute Gasteiger partial charge is 0.275 e. The van der Waals surface area contributed by atoms with Crippen LogP contribution in [0, 0.1) is 5.82 Å². The van der Waals surface area contributed by atoms with Crippen molar-refractivity contribution in [3.8, 4) is 0 Å². The second kappa shape index (κ2) is 6.86. The highest BCUT2D eigenvalue weighted by Gasteiger charge is 2.13. The van der Waals surface area contributed by atoms with E-state index >= 15 is 0 Å². The van der Waals surface area contributed by atoms with Gasteiger partial charge >= 0.3 is 0 Å². The SMILES string of the molecule is C[C@H]([NH2+]CC(=O)NCc1ccccc1F)c1ccco1. The highest BCUT2D eigenvalue weighted by Crippen LogP contribution is 2.07. The first-order valence-corrected chi connectivity index (χ1v) is 6.53. The molecular weight excluding hydrogens is 259 g/mol. The number of carbonyl (C=O) groups is 1. The summed E-state index contributed by atoms with van der Waals surface area (Å²) >= 11 is 0. The van der Waals surface area contributed by atoms with Crippen molar-refractivity contribution in [3.05, 3.63) is 59.8 Å². The lowest BCUT2D eigenvalue weighted by Gasteiger charge is -2.09. The second-order valence-corrected chi connectivity index (χ2v) is 4.61. The van der Waals surface area contributed by atoms with E-state index in [1.54, 1.807) is 24.5 Å². The third-order valence-electron chi connectivity index (χ3n) is 3.08. The molecule has 4 nitrogen and oxygen atoms in total. The van der Waals surface area contributed by atoms with E-state index in [9.17, 15) is 9.18 Å². The molecule has 0 unspecified atom stereocenters. The summed E-state index contributed by atoms with van der Waals surface area (Å²) < 4.78 is 18.6.